The molecule has 0 radical (unpaired) electrons. The number of fused-ring (bicyclic) bond motifs is 1. The van der Waals surface area contributed by atoms with Crippen molar-refractivity contribution in [2.24, 2.45) is 4.40 Å². The van der Waals surface area contributed by atoms with E-state index in [2.05, 4.69) is 34.9 Å². The van der Waals surface area contributed by atoms with Crippen molar-refractivity contribution in [2.45, 2.75) is 33.7 Å². The fourth-order valence-electron chi connectivity index (χ4n) is 4.28. The molecule has 1 atom stereocenters. The molecule has 0 spiro atoms. The lowest BCUT2D eigenvalue weighted by Crippen LogP contribution is -2.56. The molecule has 4 rings (SSSR count). The molecule has 1 aliphatic heterocycles. The largest absolute Gasteiger partial charge is 0.352 e. The SMILES string of the molecule is CCNC(=O)c1cccc(NC(=NS(=O)(=O)CC)N2CCN(c3ncnc4[nH]cc(C)c34)CC2C)c1. The van der Waals surface area contributed by atoms with Gasteiger partial charge in [0, 0.05) is 49.7 Å². The normalized spacial score (nSPS) is 16.9. The number of carbonyl (C=O) groups excluding carboxylic acids is 1. The Hall–Kier alpha value is -3.67. The van der Waals surface area contributed by atoms with Crippen molar-refractivity contribution in [3.05, 3.63) is 47.9 Å². The zero-order valence-corrected chi connectivity index (χ0v) is 21.8. The maximum Gasteiger partial charge on any atom is 0.256 e. The van der Waals surface area contributed by atoms with Crippen molar-refractivity contribution in [1.82, 2.24) is 25.2 Å². The van der Waals surface area contributed by atoms with E-state index in [1.54, 1.807) is 37.5 Å². The number of hydrogen-bond acceptors (Lipinski definition) is 6. The van der Waals surface area contributed by atoms with Crippen LogP contribution in [0, 0.1) is 6.92 Å². The number of H-pyrrole nitrogens is 1. The van der Waals surface area contributed by atoms with Crippen molar-refractivity contribution in [3.63, 3.8) is 0 Å². The van der Waals surface area contributed by atoms with Gasteiger partial charge in [0.15, 0.2) is 0 Å². The fraction of sp³-hybridized carbons (Fsp3) is 0.417. The van der Waals surface area contributed by atoms with Crippen LogP contribution in [0.2, 0.25) is 0 Å². The van der Waals surface area contributed by atoms with Gasteiger partial charge in [0.2, 0.25) is 5.96 Å². The third-order valence-electron chi connectivity index (χ3n) is 6.15. The van der Waals surface area contributed by atoms with Gasteiger partial charge < -0.3 is 25.4 Å². The quantitative estimate of drug-likeness (QED) is 0.338. The van der Waals surface area contributed by atoms with Crippen molar-refractivity contribution in [3.8, 4) is 0 Å². The third kappa shape index (κ3) is 5.43. The van der Waals surface area contributed by atoms with Gasteiger partial charge in [0.05, 0.1) is 11.1 Å². The first-order valence-electron chi connectivity index (χ1n) is 12.0. The average molecular weight is 513 g/mol. The number of guanidine groups is 1. The Labute approximate surface area is 211 Å². The first-order chi connectivity index (χ1) is 17.2. The van der Waals surface area contributed by atoms with Gasteiger partial charge in [0.25, 0.3) is 15.9 Å². The van der Waals surface area contributed by atoms with Crippen LogP contribution in [0.15, 0.2) is 41.2 Å². The number of rotatable bonds is 6. The second-order valence-corrected chi connectivity index (χ2v) is 10.7. The maximum atomic E-state index is 12.5. The minimum Gasteiger partial charge on any atom is -0.352 e. The second-order valence-electron chi connectivity index (χ2n) is 8.73. The van der Waals surface area contributed by atoms with Gasteiger partial charge in [-0.25, -0.2) is 18.4 Å². The first-order valence-corrected chi connectivity index (χ1v) is 13.6. The highest BCUT2D eigenvalue weighted by Gasteiger charge is 2.29. The molecule has 3 aromatic rings. The molecule has 0 bridgehead atoms. The zero-order valence-electron chi connectivity index (χ0n) is 20.9. The summed E-state index contributed by atoms with van der Waals surface area (Å²) in [7, 11) is -3.67. The molecular formula is C24H32N8O3S. The van der Waals surface area contributed by atoms with E-state index in [9.17, 15) is 13.2 Å². The highest BCUT2D eigenvalue weighted by Crippen LogP contribution is 2.28. The molecule has 3 heterocycles. The molecule has 1 saturated heterocycles. The highest BCUT2D eigenvalue weighted by atomic mass is 32.2. The third-order valence-corrected chi connectivity index (χ3v) is 7.34. The smallest absolute Gasteiger partial charge is 0.256 e. The predicted molar refractivity (Wildman–Crippen MR) is 142 cm³/mol. The van der Waals surface area contributed by atoms with Crippen LogP contribution in [0.25, 0.3) is 11.0 Å². The number of carbonyl (C=O) groups is 1. The van der Waals surface area contributed by atoms with E-state index >= 15 is 0 Å². The summed E-state index contributed by atoms with van der Waals surface area (Å²) in [5.74, 6) is 0.784. The lowest BCUT2D eigenvalue weighted by Gasteiger charge is -2.42. The Morgan fingerprint density at radius 2 is 2.06 bits per heavy atom. The molecule has 1 aliphatic rings. The summed E-state index contributed by atoms with van der Waals surface area (Å²) < 4.78 is 29.1. The summed E-state index contributed by atoms with van der Waals surface area (Å²) in [4.78, 5) is 28.5. The predicted octanol–water partition coefficient (Wildman–Crippen LogP) is 2.34. The van der Waals surface area contributed by atoms with Crippen LogP contribution in [0.4, 0.5) is 11.5 Å². The Kier molecular flexibility index (Phi) is 7.43. The summed E-state index contributed by atoms with van der Waals surface area (Å²) in [6, 6.07) is 6.85. The monoisotopic (exact) mass is 512 g/mol. The summed E-state index contributed by atoms with van der Waals surface area (Å²) in [5, 5.41) is 6.92. The van der Waals surface area contributed by atoms with E-state index in [1.807, 2.05) is 31.9 Å². The first kappa shape index (κ1) is 25.4. The van der Waals surface area contributed by atoms with Crippen molar-refractivity contribution in [1.29, 1.82) is 0 Å². The minimum absolute atomic E-state index is 0.0760. The number of aromatic amines is 1. The summed E-state index contributed by atoms with van der Waals surface area (Å²) >= 11 is 0. The molecule has 36 heavy (non-hydrogen) atoms. The number of aryl methyl sites for hydroxylation is 1. The molecular weight excluding hydrogens is 480 g/mol. The molecule has 1 fully saturated rings. The van der Waals surface area contributed by atoms with Crippen molar-refractivity contribution in [2.75, 3.05) is 42.1 Å². The van der Waals surface area contributed by atoms with Crippen LogP contribution in [0.5, 0.6) is 0 Å². The van der Waals surface area contributed by atoms with Crippen LogP contribution < -0.4 is 15.5 Å². The number of benzene rings is 1. The van der Waals surface area contributed by atoms with Gasteiger partial charge >= 0.3 is 0 Å². The Morgan fingerprint density at radius 1 is 1.25 bits per heavy atom. The van der Waals surface area contributed by atoms with E-state index in [0.717, 1.165) is 22.4 Å². The van der Waals surface area contributed by atoms with Gasteiger partial charge in [-0.2, -0.15) is 0 Å². The van der Waals surface area contributed by atoms with Gasteiger partial charge in [-0.3, -0.25) is 4.79 Å². The van der Waals surface area contributed by atoms with Crippen molar-refractivity contribution >= 4 is 44.4 Å². The number of amides is 1. The topological polar surface area (TPSA) is 136 Å². The van der Waals surface area contributed by atoms with Gasteiger partial charge in [-0.05, 0) is 51.5 Å². The molecule has 0 saturated carbocycles. The molecule has 1 aromatic carbocycles. The summed E-state index contributed by atoms with van der Waals surface area (Å²) in [5.41, 5.74) is 2.92. The number of sulfonamides is 1. The zero-order chi connectivity index (χ0) is 25.9. The number of piperazine rings is 1. The summed E-state index contributed by atoms with van der Waals surface area (Å²) in [6.45, 7) is 9.73. The van der Waals surface area contributed by atoms with E-state index in [-0.39, 0.29) is 23.7 Å². The van der Waals surface area contributed by atoms with Crippen LogP contribution in [0.3, 0.4) is 0 Å². The molecule has 3 N–H and O–H groups in total. The average Bonchev–Trinajstić information content (AvgIpc) is 3.25. The van der Waals surface area contributed by atoms with E-state index in [1.165, 1.54) is 0 Å². The molecule has 0 aliphatic carbocycles. The van der Waals surface area contributed by atoms with E-state index < -0.39 is 10.0 Å². The molecule has 192 valence electrons. The molecule has 2 aromatic heterocycles. The Morgan fingerprint density at radius 3 is 2.78 bits per heavy atom. The van der Waals surface area contributed by atoms with E-state index in [4.69, 9.17) is 0 Å². The highest BCUT2D eigenvalue weighted by molar-refractivity contribution is 7.90. The van der Waals surface area contributed by atoms with Crippen LogP contribution in [-0.2, 0) is 10.0 Å². The Balaban J connectivity index is 1.60. The number of aromatic nitrogens is 3. The van der Waals surface area contributed by atoms with Gasteiger partial charge in [-0.1, -0.05) is 6.07 Å². The van der Waals surface area contributed by atoms with Crippen LogP contribution >= 0.6 is 0 Å². The maximum absolute atomic E-state index is 12.5. The lowest BCUT2D eigenvalue weighted by molar-refractivity contribution is 0.0956. The van der Waals surface area contributed by atoms with Crippen LogP contribution in [-0.4, -0.2) is 78.1 Å². The number of nitrogens with one attached hydrogen (secondary N) is 3. The van der Waals surface area contributed by atoms with Crippen molar-refractivity contribution < 1.29 is 13.2 Å². The summed E-state index contributed by atoms with van der Waals surface area (Å²) in [6.07, 6.45) is 3.47. The molecule has 11 nitrogen and oxygen atoms in total. The minimum atomic E-state index is -3.67. The molecule has 1 amide bonds. The lowest BCUT2D eigenvalue weighted by atomic mass is 10.1. The second kappa shape index (κ2) is 10.5. The Bertz CT molecular complexity index is 1390. The van der Waals surface area contributed by atoms with Crippen LogP contribution in [0.1, 0.15) is 36.7 Å². The molecule has 12 heteroatoms. The van der Waals surface area contributed by atoms with E-state index in [0.29, 0.717) is 37.4 Å². The van der Waals surface area contributed by atoms with Gasteiger partial charge in [-0.15, -0.1) is 4.40 Å². The fourth-order valence-corrected chi connectivity index (χ4v) is 4.82. The number of hydrogen-bond donors (Lipinski definition) is 3. The standard InChI is InChI=1S/C24H32N8O3S/c1-5-25-23(33)18-8-7-9-19(12-18)29-24(30-36(34,35)6-2)32-11-10-31(14-17(32)4)22-20-16(3)13-26-21(20)27-15-28-22/h7-9,12-13,15,17H,5-6,10-11,14H2,1-4H3,(H,25,33)(H,29,30)(H,26,27,28). The number of anilines is 2. The number of nitrogens with zero attached hydrogens (tertiary/aromatic N) is 5. The van der Waals surface area contributed by atoms with Gasteiger partial charge in [0.1, 0.15) is 17.8 Å². The molecule has 1 unspecified atom stereocenters.